The minimum absolute atomic E-state index is 0.0581. The number of hydrogen-bond donors (Lipinski definition) is 1. The first-order chi connectivity index (χ1) is 12.8. The molecule has 1 aromatic carbocycles. The van der Waals surface area contributed by atoms with Crippen molar-refractivity contribution < 1.29 is 22.7 Å². The number of hydrogen-bond acceptors (Lipinski definition) is 4. The molecule has 0 unspecified atom stereocenters. The van der Waals surface area contributed by atoms with Crippen molar-refractivity contribution >= 4 is 11.6 Å². The van der Waals surface area contributed by atoms with Gasteiger partial charge in [0.25, 0.3) is 5.91 Å². The maximum Gasteiger partial charge on any atom is 0.433 e. The first-order valence-corrected chi connectivity index (χ1v) is 8.24. The maximum absolute atomic E-state index is 13.5. The van der Waals surface area contributed by atoms with Gasteiger partial charge in [0, 0.05) is 18.2 Å². The molecule has 0 aliphatic carbocycles. The van der Waals surface area contributed by atoms with Crippen LogP contribution in [0.2, 0.25) is 0 Å². The standard InChI is InChI=1S/C18H17F3N4O2/c1-3-8-22-17(26)14-10-16-23-13(11-4-6-12(27-2)7-5-11)9-15(18(19,20)21)25(16)24-14/h4-7,9-10H,3,8H2,1-2H3,(H,22,26). The molecule has 0 spiro atoms. The molecule has 0 aliphatic heterocycles. The van der Waals surface area contributed by atoms with Gasteiger partial charge >= 0.3 is 6.18 Å². The van der Waals surface area contributed by atoms with Crippen molar-refractivity contribution in [3.63, 3.8) is 0 Å². The third-order valence-electron chi connectivity index (χ3n) is 3.87. The van der Waals surface area contributed by atoms with Crippen LogP contribution in [0, 0.1) is 0 Å². The molecule has 2 heterocycles. The molecule has 3 aromatic rings. The second-order valence-corrected chi connectivity index (χ2v) is 5.81. The van der Waals surface area contributed by atoms with Crippen molar-refractivity contribution in [2.75, 3.05) is 13.7 Å². The van der Waals surface area contributed by atoms with Crippen LogP contribution in [0.25, 0.3) is 16.9 Å². The molecule has 0 fully saturated rings. The zero-order chi connectivity index (χ0) is 19.6. The molecule has 3 rings (SSSR count). The Kier molecular flexibility index (Phi) is 5.02. The van der Waals surface area contributed by atoms with E-state index < -0.39 is 17.8 Å². The van der Waals surface area contributed by atoms with E-state index in [9.17, 15) is 18.0 Å². The molecule has 142 valence electrons. The third kappa shape index (κ3) is 3.86. The van der Waals surface area contributed by atoms with Crippen LogP contribution in [0.4, 0.5) is 13.2 Å². The average Bonchev–Trinajstić information content (AvgIpc) is 3.08. The summed E-state index contributed by atoms with van der Waals surface area (Å²) in [6.45, 7) is 2.28. The maximum atomic E-state index is 13.5. The van der Waals surface area contributed by atoms with Crippen LogP contribution >= 0.6 is 0 Å². The first-order valence-electron chi connectivity index (χ1n) is 8.24. The lowest BCUT2D eigenvalue weighted by molar-refractivity contribution is -0.142. The van der Waals surface area contributed by atoms with Crippen LogP contribution in [0.5, 0.6) is 5.75 Å². The van der Waals surface area contributed by atoms with Crippen molar-refractivity contribution in [1.29, 1.82) is 0 Å². The summed E-state index contributed by atoms with van der Waals surface area (Å²) in [5.41, 5.74) is -0.571. The Morgan fingerprint density at radius 3 is 2.52 bits per heavy atom. The van der Waals surface area contributed by atoms with E-state index in [4.69, 9.17) is 4.74 Å². The highest BCUT2D eigenvalue weighted by Gasteiger charge is 2.35. The van der Waals surface area contributed by atoms with E-state index >= 15 is 0 Å². The molecule has 2 aromatic heterocycles. The van der Waals surface area contributed by atoms with Gasteiger partial charge in [-0.3, -0.25) is 4.79 Å². The zero-order valence-corrected chi connectivity index (χ0v) is 14.7. The fourth-order valence-electron chi connectivity index (χ4n) is 2.53. The second-order valence-electron chi connectivity index (χ2n) is 5.81. The normalized spacial score (nSPS) is 11.6. The summed E-state index contributed by atoms with van der Waals surface area (Å²) in [4.78, 5) is 16.3. The molecule has 0 aliphatic rings. The number of methoxy groups -OCH3 is 1. The summed E-state index contributed by atoms with van der Waals surface area (Å²) >= 11 is 0. The van der Waals surface area contributed by atoms with Crippen LogP contribution < -0.4 is 10.1 Å². The van der Waals surface area contributed by atoms with Gasteiger partial charge in [-0.05, 0) is 36.8 Å². The zero-order valence-electron chi connectivity index (χ0n) is 14.7. The summed E-state index contributed by atoms with van der Waals surface area (Å²) in [6, 6.07) is 8.65. The van der Waals surface area contributed by atoms with Crippen molar-refractivity contribution in [2.24, 2.45) is 0 Å². The predicted octanol–water partition coefficient (Wildman–Crippen LogP) is 3.56. The van der Waals surface area contributed by atoms with E-state index in [1.165, 1.54) is 13.2 Å². The predicted molar refractivity (Wildman–Crippen MR) is 92.6 cm³/mol. The Bertz CT molecular complexity index is 965. The number of carbonyl (C=O) groups excluding carboxylic acids is 1. The molecule has 0 bridgehead atoms. The number of nitrogens with one attached hydrogen (secondary N) is 1. The van der Waals surface area contributed by atoms with Gasteiger partial charge < -0.3 is 10.1 Å². The van der Waals surface area contributed by atoms with E-state index in [0.29, 0.717) is 28.8 Å². The number of halogens is 3. The molecule has 1 amide bonds. The van der Waals surface area contributed by atoms with Gasteiger partial charge in [0.05, 0.1) is 12.8 Å². The number of fused-ring (bicyclic) bond motifs is 1. The van der Waals surface area contributed by atoms with Crippen LogP contribution in [-0.2, 0) is 6.18 Å². The quantitative estimate of drug-likeness (QED) is 0.737. The number of alkyl halides is 3. The minimum atomic E-state index is -4.66. The lowest BCUT2D eigenvalue weighted by atomic mass is 10.1. The van der Waals surface area contributed by atoms with E-state index in [2.05, 4.69) is 15.4 Å². The molecule has 0 atom stereocenters. The molecule has 0 radical (unpaired) electrons. The van der Waals surface area contributed by atoms with Gasteiger partial charge in [0.15, 0.2) is 17.0 Å². The van der Waals surface area contributed by atoms with E-state index in [-0.39, 0.29) is 17.0 Å². The van der Waals surface area contributed by atoms with E-state index in [1.54, 1.807) is 24.3 Å². The van der Waals surface area contributed by atoms with Gasteiger partial charge in [-0.25, -0.2) is 9.50 Å². The van der Waals surface area contributed by atoms with Crippen molar-refractivity contribution in [3.8, 4) is 17.0 Å². The Balaban J connectivity index is 2.12. The van der Waals surface area contributed by atoms with E-state index in [0.717, 1.165) is 6.07 Å². The highest BCUT2D eigenvalue weighted by Crippen LogP contribution is 2.32. The third-order valence-corrected chi connectivity index (χ3v) is 3.87. The Labute approximate surface area is 153 Å². The van der Waals surface area contributed by atoms with Crippen molar-refractivity contribution in [3.05, 3.63) is 47.8 Å². The van der Waals surface area contributed by atoms with Crippen LogP contribution in [0.15, 0.2) is 36.4 Å². The van der Waals surface area contributed by atoms with Crippen LogP contribution in [-0.4, -0.2) is 34.2 Å². The van der Waals surface area contributed by atoms with E-state index in [1.807, 2.05) is 6.92 Å². The largest absolute Gasteiger partial charge is 0.497 e. The molecule has 27 heavy (non-hydrogen) atoms. The van der Waals surface area contributed by atoms with Gasteiger partial charge in [0.2, 0.25) is 0 Å². The molecule has 6 nitrogen and oxygen atoms in total. The first kappa shape index (κ1) is 18.7. The van der Waals surface area contributed by atoms with Crippen LogP contribution in [0.1, 0.15) is 29.5 Å². The topological polar surface area (TPSA) is 68.5 Å². The summed E-state index contributed by atoms with van der Waals surface area (Å²) in [6.07, 6.45) is -3.96. The number of rotatable bonds is 5. The molecule has 0 saturated heterocycles. The Hall–Kier alpha value is -3.10. The average molecular weight is 378 g/mol. The summed E-state index contributed by atoms with van der Waals surface area (Å²) in [5.74, 6) is 0.0385. The summed E-state index contributed by atoms with van der Waals surface area (Å²) in [7, 11) is 1.50. The second kappa shape index (κ2) is 7.26. The molecule has 9 heteroatoms. The lowest BCUT2D eigenvalue weighted by Gasteiger charge is -2.11. The number of ether oxygens (including phenoxy) is 1. The summed E-state index contributed by atoms with van der Waals surface area (Å²) < 4.78 is 46.3. The van der Waals surface area contributed by atoms with Crippen LogP contribution in [0.3, 0.4) is 0 Å². The summed E-state index contributed by atoms with van der Waals surface area (Å²) in [5, 5.41) is 6.39. The smallest absolute Gasteiger partial charge is 0.433 e. The molecule has 1 N–H and O–H groups in total. The molecular formula is C18H17F3N4O2. The molecule has 0 saturated carbocycles. The van der Waals surface area contributed by atoms with Crippen molar-refractivity contribution in [2.45, 2.75) is 19.5 Å². The van der Waals surface area contributed by atoms with Gasteiger partial charge in [-0.2, -0.15) is 18.3 Å². The molecular weight excluding hydrogens is 361 g/mol. The number of nitrogens with zero attached hydrogens (tertiary/aromatic N) is 3. The minimum Gasteiger partial charge on any atom is -0.497 e. The van der Waals surface area contributed by atoms with Gasteiger partial charge in [-0.1, -0.05) is 6.92 Å². The Morgan fingerprint density at radius 2 is 1.93 bits per heavy atom. The SMILES string of the molecule is CCCNC(=O)c1cc2nc(-c3ccc(OC)cc3)cc(C(F)(F)F)n2n1. The lowest BCUT2D eigenvalue weighted by Crippen LogP contribution is -2.24. The fraction of sp³-hybridized carbons (Fsp3) is 0.278. The van der Waals surface area contributed by atoms with Gasteiger partial charge in [-0.15, -0.1) is 0 Å². The number of carbonyl (C=O) groups is 1. The van der Waals surface area contributed by atoms with Gasteiger partial charge in [0.1, 0.15) is 5.75 Å². The highest BCUT2D eigenvalue weighted by atomic mass is 19.4. The highest BCUT2D eigenvalue weighted by molar-refractivity contribution is 5.93. The monoisotopic (exact) mass is 378 g/mol. The Morgan fingerprint density at radius 1 is 1.22 bits per heavy atom. The fourth-order valence-corrected chi connectivity index (χ4v) is 2.53. The number of amides is 1. The number of aromatic nitrogens is 3. The van der Waals surface area contributed by atoms with Crippen molar-refractivity contribution in [1.82, 2.24) is 19.9 Å². The number of benzene rings is 1.